The van der Waals surface area contributed by atoms with Crippen LogP contribution in [-0.4, -0.2) is 10.9 Å². The van der Waals surface area contributed by atoms with Crippen molar-refractivity contribution in [2.24, 2.45) is 0 Å². The minimum atomic E-state index is -0.268. The van der Waals surface area contributed by atoms with Crippen LogP contribution in [-0.2, 0) is 5.88 Å². The van der Waals surface area contributed by atoms with Crippen LogP contribution in [0.4, 0.5) is 5.13 Å². The number of hydrogen-bond acceptors (Lipinski definition) is 4. The van der Waals surface area contributed by atoms with Crippen molar-refractivity contribution in [1.82, 2.24) is 4.98 Å². The molecule has 0 saturated heterocycles. The highest BCUT2D eigenvalue weighted by atomic mass is 79.9. The van der Waals surface area contributed by atoms with Crippen LogP contribution in [0.5, 0.6) is 0 Å². The number of rotatable bonds is 3. The van der Waals surface area contributed by atoms with Crippen molar-refractivity contribution in [2.75, 3.05) is 5.32 Å². The van der Waals surface area contributed by atoms with Gasteiger partial charge in [0.2, 0.25) is 0 Å². The van der Waals surface area contributed by atoms with E-state index in [9.17, 15) is 4.79 Å². The average molecular weight is 322 g/mol. The first-order valence-electron chi connectivity index (χ1n) is 4.25. The van der Waals surface area contributed by atoms with Crippen molar-refractivity contribution in [2.45, 2.75) is 5.88 Å². The minimum Gasteiger partial charge on any atom is -0.457 e. The Bertz CT molecular complexity index is 511. The lowest BCUT2D eigenvalue weighted by Gasteiger charge is -1.98. The zero-order chi connectivity index (χ0) is 11.5. The first-order chi connectivity index (χ1) is 7.70. The van der Waals surface area contributed by atoms with E-state index in [1.54, 1.807) is 11.4 Å². The van der Waals surface area contributed by atoms with Crippen LogP contribution in [0.15, 0.2) is 26.8 Å². The summed E-state index contributed by atoms with van der Waals surface area (Å²) in [5.41, 5.74) is 1.18. The molecule has 1 N–H and O–H groups in total. The molecule has 2 heterocycles. The highest BCUT2D eigenvalue weighted by Gasteiger charge is 2.14. The first-order valence-corrected chi connectivity index (χ1v) is 6.46. The Morgan fingerprint density at radius 1 is 1.69 bits per heavy atom. The molecule has 0 aromatic carbocycles. The zero-order valence-electron chi connectivity index (χ0n) is 7.87. The number of halogens is 2. The van der Waals surface area contributed by atoms with Crippen molar-refractivity contribution >= 4 is 49.9 Å². The summed E-state index contributed by atoms with van der Waals surface area (Å²) >= 11 is 10.1. The predicted octanol–water partition coefficient (Wildman–Crippen LogP) is 3.49. The van der Waals surface area contributed by atoms with E-state index in [0.717, 1.165) is 5.69 Å². The summed E-state index contributed by atoms with van der Waals surface area (Å²) in [6, 6.07) is 1.58. The van der Waals surface area contributed by atoms with Crippen LogP contribution < -0.4 is 5.32 Å². The Labute approximate surface area is 109 Å². The molecule has 16 heavy (non-hydrogen) atoms. The fraction of sp³-hybridized carbons (Fsp3) is 0.111. The largest absolute Gasteiger partial charge is 0.457 e. The lowest BCUT2D eigenvalue weighted by atomic mass is 10.3. The molecule has 0 bridgehead atoms. The second-order valence-electron chi connectivity index (χ2n) is 2.84. The van der Waals surface area contributed by atoms with Gasteiger partial charge in [0.05, 0.1) is 23.4 Å². The molecule has 0 fully saturated rings. The third-order valence-corrected chi connectivity index (χ3v) is 3.47. The van der Waals surface area contributed by atoms with Gasteiger partial charge in [-0.25, -0.2) is 4.98 Å². The van der Waals surface area contributed by atoms with Crippen LogP contribution >= 0.6 is 38.9 Å². The number of nitrogens with one attached hydrogen (secondary N) is 1. The number of hydrogen-bond donors (Lipinski definition) is 1. The third-order valence-electron chi connectivity index (χ3n) is 1.77. The fourth-order valence-electron chi connectivity index (χ4n) is 1.05. The molecule has 84 valence electrons. The highest BCUT2D eigenvalue weighted by Crippen LogP contribution is 2.21. The Balaban J connectivity index is 2.11. The number of thiazole rings is 1. The molecular formula is C9H6BrClN2O2S. The Morgan fingerprint density at radius 3 is 3.06 bits per heavy atom. The van der Waals surface area contributed by atoms with Gasteiger partial charge in [-0.1, -0.05) is 0 Å². The molecule has 0 aliphatic rings. The van der Waals surface area contributed by atoms with E-state index in [1.165, 1.54) is 17.6 Å². The van der Waals surface area contributed by atoms with Crippen molar-refractivity contribution in [1.29, 1.82) is 0 Å². The van der Waals surface area contributed by atoms with E-state index in [0.29, 0.717) is 21.2 Å². The number of carbonyl (C=O) groups is 1. The van der Waals surface area contributed by atoms with Gasteiger partial charge in [0.1, 0.15) is 0 Å². The normalized spacial score (nSPS) is 10.4. The Kier molecular flexibility index (Phi) is 3.63. The number of nitrogens with zero attached hydrogens (tertiary/aromatic N) is 1. The van der Waals surface area contributed by atoms with Gasteiger partial charge < -0.3 is 4.42 Å². The third kappa shape index (κ3) is 2.45. The van der Waals surface area contributed by atoms with Crippen LogP contribution in [0.1, 0.15) is 16.1 Å². The Morgan fingerprint density at radius 2 is 2.50 bits per heavy atom. The van der Waals surface area contributed by atoms with E-state index >= 15 is 0 Å². The molecule has 7 heteroatoms. The number of alkyl halides is 1. The van der Waals surface area contributed by atoms with Crippen molar-refractivity contribution in [3.05, 3.63) is 33.6 Å². The molecule has 0 aliphatic carbocycles. The molecule has 0 atom stereocenters. The van der Waals surface area contributed by atoms with Crippen molar-refractivity contribution in [3.63, 3.8) is 0 Å². The molecule has 2 rings (SSSR count). The maximum absolute atomic E-state index is 11.7. The molecule has 0 radical (unpaired) electrons. The quantitative estimate of drug-likeness (QED) is 0.880. The van der Waals surface area contributed by atoms with Crippen molar-refractivity contribution < 1.29 is 9.21 Å². The van der Waals surface area contributed by atoms with E-state index in [2.05, 4.69) is 26.2 Å². The number of amides is 1. The second kappa shape index (κ2) is 4.99. The van der Waals surface area contributed by atoms with E-state index in [-0.39, 0.29) is 5.91 Å². The van der Waals surface area contributed by atoms with Crippen molar-refractivity contribution in [3.8, 4) is 0 Å². The molecule has 0 aliphatic heterocycles. The van der Waals surface area contributed by atoms with Gasteiger partial charge in [0.15, 0.2) is 9.80 Å². The van der Waals surface area contributed by atoms with Crippen LogP contribution in [0.25, 0.3) is 0 Å². The summed E-state index contributed by atoms with van der Waals surface area (Å²) in [4.78, 5) is 15.8. The summed E-state index contributed by atoms with van der Waals surface area (Å²) in [7, 11) is 0. The fourth-order valence-corrected chi connectivity index (χ4v) is 2.40. The van der Waals surface area contributed by atoms with Crippen LogP contribution in [0.3, 0.4) is 0 Å². The maximum Gasteiger partial charge on any atom is 0.261 e. The van der Waals surface area contributed by atoms with Gasteiger partial charge in [0, 0.05) is 5.38 Å². The standard InChI is InChI=1S/C9H6BrClN2O2S/c10-7-6(1-2-15-7)8(14)13-9-12-5(3-11)4-16-9/h1-2,4H,3H2,(H,12,13,14). The van der Waals surface area contributed by atoms with Gasteiger partial charge in [-0.15, -0.1) is 22.9 Å². The second-order valence-corrected chi connectivity index (χ2v) is 4.69. The molecule has 0 saturated carbocycles. The summed E-state index contributed by atoms with van der Waals surface area (Å²) < 4.78 is 5.37. The average Bonchev–Trinajstić information content (AvgIpc) is 2.86. The Hall–Kier alpha value is -0.850. The summed E-state index contributed by atoms with van der Waals surface area (Å²) in [5.74, 6) is 0.0676. The number of carbonyl (C=O) groups excluding carboxylic acids is 1. The monoisotopic (exact) mass is 320 g/mol. The molecular weight excluding hydrogens is 316 g/mol. The molecule has 2 aromatic rings. The van der Waals surface area contributed by atoms with E-state index in [1.807, 2.05) is 0 Å². The minimum absolute atomic E-state index is 0.268. The lowest BCUT2D eigenvalue weighted by molar-refractivity contribution is 0.102. The highest BCUT2D eigenvalue weighted by molar-refractivity contribution is 9.10. The van der Waals surface area contributed by atoms with Gasteiger partial charge in [-0.05, 0) is 22.0 Å². The smallest absolute Gasteiger partial charge is 0.261 e. The van der Waals surface area contributed by atoms with Gasteiger partial charge in [-0.3, -0.25) is 10.1 Å². The molecule has 0 spiro atoms. The van der Waals surface area contributed by atoms with E-state index in [4.69, 9.17) is 16.0 Å². The number of aromatic nitrogens is 1. The lowest BCUT2D eigenvalue weighted by Crippen LogP contribution is -2.11. The number of furan rings is 1. The SMILES string of the molecule is O=C(Nc1nc(CCl)cs1)c1ccoc1Br. The zero-order valence-corrected chi connectivity index (χ0v) is 11.0. The summed E-state index contributed by atoms with van der Waals surface area (Å²) in [6.45, 7) is 0. The van der Waals surface area contributed by atoms with Gasteiger partial charge >= 0.3 is 0 Å². The van der Waals surface area contributed by atoms with Gasteiger partial charge in [-0.2, -0.15) is 0 Å². The molecule has 1 amide bonds. The van der Waals surface area contributed by atoms with E-state index < -0.39 is 0 Å². The molecule has 2 aromatic heterocycles. The summed E-state index contributed by atoms with van der Waals surface area (Å²) in [6.07, 6.45) is 1.44. The molecule has 4 nitrogen and oxygen atoms in total. The predicted molar refractivity (Wildman–Crippen MR) is 66.0 cm³/mol. The van der Waals surface area contributed by atoms with Gasteiger partial charge in [0.25, 0.3) is 5.91 Å². The van der Waals surface area contributed by atoms with Crippen LogP contribution in [0.2, 0.25) is 0 Å². The first kappa shape index (κ1) is 11.6. The molecule has 0 unspecified atom stereocenters. The maximum atomic E-state index is 11.7. The number of anilines is 1. The topological polar surface area (TPSA) is 55.1 Å². The van der Waals surface area contributed by atoms with Crippen LogP contribution in [0, 0.1) is 0 Å². The summed E-state index contributed by atoms with van der Waals surface area (Å²) in [5, 5.41) is 4.98.